The van der Waals surface area contributed by atoms with Gasteiger partial charge in [-0.25, -0.2) is 24.3 Å². The van der Waals surface area contributed by atoms with Crippen LogP contribution in [0.5, 0.6) is 0 Å². The lowest BCUT2D eigenvalue weighted by Gasteiger charge is -2.47. The Labute approximate surface area is 191 Å². The third kappa shape index (κ3) is 3.30. The molecule has 2 atom stereocenters. The third-order valence-electron chi connectivity index (χ3n) is 7.01. The Morgan fingerprint density at radius 3 is 2.68 bits per heavy atom. The highest BCUT2D eigenvalue weighted by Gasteiger charge is 2.47. The maximum absolute atomic E-state index is 15.7. The van der Waals surface area contributed by atoms with Crippen molar-refractivity contribution in [2.24, 2.45) is 17.8 Å². The zero-order valence-electron chi connectivity index (χ0n) is 17.8. The van der Waals surface area contributed by atoms with Gasteiger partial charge in [0.2, 0.25) is 5.95 Å². The number of aromatic amines is 1. The molecule has 2 bridgehead atoms. The number of H-pyrrole nitrogens is 1. The number of carbonyl (C=O) groups is 1. The van der Waals surface area contributed by atoms with Crippen LogP contribution in [0.4, 0.5) is 14.6 Å². The van der Waals surface area contributed by atoms with Crippen LogP contribution >= 0.6 is 0 Å². The smallest absolute Gasteiger partial charge is 0.308 e. The maximum Gasteiger partial charge on any atom is 0.308 e. The van der Waals surface area contributed by atoms with Crippen LogP contribution in [0, 0.1) is 29.5 Å². The maximum atomic E-state index is 15.7. The molecule has 4 aromatic rings. The van der Waals surface area contributed by atoms with E-state index < -0.39 is 29.7 Å². The second-order valence-electron chi connectivity index (χ2n) is 8.84. The van der Waals surface area contributed by atoms with Crippen LogP contribution in [0.3, 0.4) is 0 Å². The van der Waals surface area contributed by atoms with Gasteiger partial charge in [-0.3, -0.25) is 4.79 Å². The van der Waals surface area contributed by atoms with Crippen LogP contribution in [0.25, 0.3) is 34.0 Å². The molecule has 3 aliphatic carbocycles. The van der Waals surface area contributed by atoms with E-state index >= 15 is 4.39 Å². The number of hydrogen-bond acceptors (Lipinski definition) is 7. The highest BCUT2D eigenvalue weighted by atomic mass is 19.1. The van der Waals surface area contributed by atoms with Gasteiger partial charge in [0.05, 0.1) is 23.9 Å². The molecular formula is C23H20F2N6O3. The quantitative estimate of drug-likeness (QED) is 0.398. The van der Waals surface area contributed by atoms with E-state index in [1.54, 1.807) is 12.1 Å². The lowest BCUT2D eigenvalue weighted by atomic mass is 9.61. The third-order valence-corrected chi connectivity index (χ3v) is 7.01. The van der Waals surface area contributed by atoms with Crippen LogP contribution in [-0.4, -0.2) is 42.0 Å². The second kappa shape index (κ2) is 7.86. The molecule has 0 saturated heterocycles. The molecule has 0 spiro atoms. The molecule has 3 saturated carbocycles. The van der Waals surface area contributed by atoms with E-state index in [4.69, 9.17) is 4.42 Å². The molecule has 2 unspecified atom stereocenters. The van der Waals surface area contributed by atoms with Crippen LogP contribution in [0.1, 0.15) is 25.7 Å². The van der Waals surface area contributed by atoms with Gasteiger partial charge in [0.15, 0.2) is 28.9 Å². The van der Waals surface area contributed by atoms with E-state index in [-0.39, 0.29) is 40.4 Å². The average Bonchev–Trinajstić information content (AvgIpc) is 3.51. The molecule has 3 fully saturated rings. The first-order valence-corrected chi connectivity index (χ1v) is 11.1. The number of nitrogens with zero attached hydrogens (tertiary/aromatic N) is 4. The average molecular weight is 466 g/mol. The molecule has 11 heteroatoms. The molecule has 4 heterocycles. The monoisotopic (exact) mass is 466 g/mol. The summed E-state index contributed by atoms with van der Waals surface area (Å²) in [7, 11) is 0. The first kappa shape index (κ1) is 20.7. The van der Waals surface area contributed by atoms with Gasteiger partial charge >= 0.3 is 5.97 Å². The molecule has 7 rings (SSSR count). The van der Waals surface area contributed by atoms with E-state index in [2.05, 4.69) is 30.2 Å². The summed E-state index contributed by atoms with van der Waals surface area (Å²) < 4.78 is 34.9. The van der Waals surface area contributed by atoms with Gasteiger partial charge in [0, 0.05) is 12.2 Å². The largest absolute Gasteiger partial charge is 0.481 e. The highest BCUT2D eigenvalue weighted by Crippen LogP contribution is 2.46. The molecule has 34 heavy (non-hydrogen) atoms. The minimum atomic E-state index is -0.893. The van der Waals surface area contributed by atoms with Crippen molar-refractivity contribution in [1.29, 1.82) is 0 Å². The topological polar surface area (TPSA) is 130 Å². The van der Waals surface area contributed by atoms with Crippen LogP contribution in [0.15, 0.2) is 35.2 Å². The van der Waals surface area contributed by atoms with Crippen molar-refractivity contribution in [3.05, 3.63) is 42.6 Å². The number of carboxylic acid groups (broad SMARTS) is 1. The number of furan rings is 1. The number of carboxylic acids is 1. The summed E-state index contributed by atoms with van der Waals surface area (Å²) in [6.07, 6.45) is 7.39. The van der Waals surface area contributed by atoms with E-state index in [1.807, 2.05) is 0 Å². The van der Waals surface area contributed by atoms with Crippen molar-refractivity contribution < 1.29 is 23.1 Å². The lowest BCUT2D eigenvalue weighted by Crippen LogP contribution is -2.51. The predicted molar refractivity (Wildman–Crippen MR) is 117 cm³/mol. The Hall–Kier alpha value is -3.89. The second-order valence-corrected chi connectivity index (χ2v) is 8.84. The van der Waals surface area contributed by atoms with Crippen LogP contribution < -0.4 is 5.32 Å². The number of nitrogens with one attached hydrogen (secondary N) is 2. The van der Waals surface area contributed by atoms with Gasteiger partial charge in [-0.1, -0.05) is 0 Å². The van der Waals surface area contributed by atoms with E-state index in [1.165, 1.54) is 12.5 Å². The van der Waals surface area contributed by atoms with Crippen LogP contribution in [-0.2, 0) is 4.79 Å². The SMILES string of the molecule is O=C(O)C1C2CCC(CC2)C1Nc1nc(-c2c[nH]c3ncc(F)nc23)nc(-c2ccco2)c1F. The zero-order valence-corrected chi connectivity index (χ0v) is 17.8. The summed E-state index contributed by atoms with van der Waals surface area (Å²) in [6.45, 7) is 0. The Bertz CT molecular complexity index is 1380. The van der Waals surface area contributed by atoms with E-state index in [0.717, 1.165) is 31.9 Å². The Kier molecular flexibility index (Phi) is 4.78. The minimum Gasteiger partial charge on any atom is -0.481 e. The lowest BCUT2D eigenvalue weighted by molar-refractivity contribution is -0.148. The predicted octanol–water partition coefficient (Wildman–Crippen LogP) is 4.25. The van der Waals surface area contributed by atoms with Gasteiger partial charge in [-0.2, -0.15) is 4.39 Å². The van der Waals surface area contributed by atoms with Gasteiger partial charge in [0.25, 0.3) is 0 Å². The van der Waals surface area contributed by atoms with Crippen molar-refractivity contribution in [2.75, 3.05) is 5.32 Å². The van der Waals surface area contributed by atoms with Crippen molar-refractivity contribution in [3.8, 4) is 22.8 Å². The number of aliphatic carboxylic acids is 1. The molecule has 3 aliphatic rings. The summed E-state index contributed by atoms with van der Waals surface area (Å²) >= 11 is 0. The van der Waals surface area contributed by atoms with E-state index in [0.29, 0.717) is 11.2 Å². The molecule has 0 amide bonds. The molecule has 0 aromatic carbocycles. The number of aromatic nitrogens is 5. The Balaban J connectivity index is 1.49. The molecule has 0 aliphatic heterocycles. The summed E-state index contributed by atoms with van der Waals surface area (Å²) in [5.74, 6) is -2.77. The molecule has 4 aromatic heterocycles. The van der Waals surface area contributed by atoms with Crippen molar-refractivity contribution >= 4 is 23.0 Å². The molecule has 3 N–H and O–H groups in total. The van der Waals surface area contributed by atoms with Crippen LogP contribution in [0.2, 0.25) is 0 Å². The van der Waals surface area contributed by atoms with Gasteiger partial charge in [-0.05, 0) is 49.7 Å². The molecule has 9 nitrogen and oxygen atoms in total. The van der Waals surface area contributed by atoms with E-state index in [9.17, 15) is 14.3 Å². The zero-order chi connectivity index (χ0) is 23.4. The fraction of sp³-hybridized carbons (Fsp3) is 0.348. The molecule has 174 valence electrons. The van der Waals surface area contributed by atoms with Gasteiger partial charge < -0.3 is 19.8 Å². The Morgan fingerprint density at radius 2 is 1.94 bits per heavy atom. The number of hydrogen-bond donors (Lipinski definition) is 3. The number of rotatable bonds is 5. The normalized spacial score (nSPS) is 23.9. The summed E-state index contributed by atoms with van der Waals surface area (Å²) in [5, 5.41) is 13.0. The fourth-order valence-electron chi connectivity index (χ4n) is 5.45. The first-order valence-electron chi connectivity index (χ1n) is 11.1. The number of anilines is 1. The summed E-state index contributed by atoms with van der Waals surface area (Å²) in [5.41, 5.74) is 0.763. The van der Waals surface area contributed by atoms with Crippen molar-refractivity contribution in [2.45, 2.75) is 31.7 Å². The highest BCUT2D eigenvalue weighted by molar-refractivity contribution is 5.88. The summed E-state index contributed by atoms with van der Waals surface area (Å²) in [6, 6.07) is 2.71. The standard InChI is InChI=1S/C23H20F2N6O3/c24-14-9-27-22-18(28-14)12(8-26-22)20-30-19(13-2-1-7-34-13)16(25)21(31-20)29-17-11-5-3-10(4-6-11)15(17)23(32)33/h1-2,7-11,15,17H,3-6H2,(H,26,27)(H,32,33)(H,29,30,31). The minimum absolute atomic E-state index is 0.0424. The molecular weight excluding hydrogens is 446 g/mol. The van der Waals surface area contributed by atoms with Crippen molar-refractivity contribution in [1.82, 2.24) is 24.9 Å². The first-order chi connectivity index (χ1) is 16.5. The van der Waals surface area contributed by atoms with Gasteiger partial charge in [0.1, 0.15) is 11.2 Å². The number of fused-ring (bicyclic) bond motifs is 4. The van der Waals surface area contributed by atoms with Gasteiger partial charge in [-0.15, -0.1) is 0 Å². The fourth-order valence-corrected chi connectivity index (χ4v) is 5.45. The summed E-state index contributed by atoms with van der Waals surface area (Å²) in [4.78, 5) is 31.6. The Morgan fingerprint density at radius 1 is 1.15 bits per heavy atom. The number of halogens is 2. The molecule has 0 radical (unpaired) electrons. The van der Waals surface area contributed by atoms with Crippen molar-refractivity contribution in [3.63, 3.8) is 0 Å².